The molecule has 1 saturated heterocycles. The van der Waals surface area contributed by atoms with E-state index in [0.29, 0.717) is 12.5 Å². The SMILES string of the molecule is CC(C)[C@@H](CO)NC[C@H]1CC[C@@H]2[C@H](O1)c1cc(C(C)(F)F)ccc1N[C@H]2c1ccccc1. The Balaban J connectivity index is 1.62. The maximum atomic E-state index is 14.1. The summed E-state index contributed by atoms with van der Waals surface area (Å²) >= 11 is 0. The van der Waals surface area contributed by atoms with Gasteiger partial charge in [-0.05, 0) is 36.5 Å². The molecule has 6 heteroatoms. The largest absolute Gasteiger partial charge is 0.395 e. The fourth-order valence-electron chi connectivity index (χ4n) is 4.96. The standard InChI is InChI=1S/C26H34F2N2O2/c1-16(2)23(15-31)29-14-19-10-11-20-24(17-7-5-4-6-8-17)30-22-12-9-18(26(3,27)28)13-21(22)25(20)32-19/h4-9,12-13,16,19-20,23-25,29-31H,10-11,14-15H2,1-3H3/t19-,20+,23-,24+,25+/m1/s1. The molecule has 174 valence electrons. The zero-order chi connectivity index (χ0) is 22.9. The number of nitrogens with one attached hydrogen (secondary N) is 2. The number of rotatable bonds is 7. The minimum Gasteiger partial charge on any atom is -0.395 e. The van der Waals surface area contributed by atoms with Crippen LogP contribution in [0.25, 0.3) is 0 Å². The van der Waals surface area contributed by atoms with Crippen LogP contribution < -0.4 is 10.6 Å². The highest BCUT2D eigenvalue weighted by atomic mass is 19.3. The van der Waals surface area contributed by atoms with Crippen LogP contribution in [0.5, 0.6) is 0 Å². The lowest BCUT2D eigenvalue weighted by atomic mass is 9.76. The number of aliphatic hydroxyl groups excluding tert-OH is 1. The zero-order valence-electron chi connectivity index (χ0n) is 19.0. The fourth-order valence-corrected chi connectivity index (χ4v) is 4.96. The Bertz CT molecular complexity index is 900. The van der Waals surface area contributed by atoms with E-state index in [0.717, 1.165) is 31.0 Å². The number of halogens is 2. The molecule has 0 saturated carbocycles. The Kier molecular flexibility index (Phi) is 6.84. The van der Waals surface area contributed by atoms with Crippen LogP contribution >= 0.6 is 0 Å². The van der Waals surface area contributed by atoms with Crippen LogP contribution in [0.3, 0.4) is 0 Å². The van der Waals surface area contributed by atoms with Crippen LogP contribution in [-0.2, 0) is 10.7 Å². The fraction of sp³-hybridized carbons (Fsp3) is 0.538. The molecule has 3 N–H and O–H groups in total. The normalized spacial score (nSPS) is 26.2. The maximum Gasteiger partial charge on any atom is 0.270 e. The molecule has 0 aromatic heterocycles. The van der Waals surface area contributed by atoms with Gasteiger partial charge in [0, 0.05) is 42.2 Å². The maximum absolute atomic E-state index is 14.1. The van der Waals surface area contributed by atoms with Gasteiger partial charge in [-0.15, -0.1) is 0 Å². The average molecular weight is 445 g/mol. The Morgan fingerprint density at radius 2 is 1.91 bits per heavy atom. The van der Waals surface area contributed by atoms with Crippen molar-refractivity contribution in [2.75, 3.05) is 18.5 Å². The molecule has 0 amide bonds. The molecule has 2 aromatic carbocycles. The first-order valence-electron chi connectivity index (χ1n) is 11.6. The molecule has 0 bridgehead atoms. The van der Waals surface area contributed by atoms with E-state index in [-0.39, 0.29) is 42.4 Å². The van der Waals surface area contributed by atoms with E-state index in [1.165, 1.54) is 11.6 Å². The van der Waals surface area contributed by atoms with Crippen LogP contribution in [0.15, 0.2) is 48.5 Å². The molecule has 4 nitrogen and oxygen atoms in total. The van der Waals surface area contributed by atoms with Gasteiger partial charge in [-0.1, -0.05) is 50.2 Å². The topological polar surface area (TPSA) is 53.5 Å². The lowest BCUT2D eigenvalue weighted by Crippen LogP contribution is -2.46. The summed E-state index contributed by atoms with van der Waals surface area (Å²) in [5, 5.41) is 16.7. The summed E-state index contributed by atoms with van der Waals surface area (Å²) < 4.78 is 34.8. The molecule has 2 heterocycles. The van der Waals surface area contributed by atoms with Gasteiger partial charge in [0.15, 0.2) is 0 Å². The van der Waals surface area contributed by atoms with Crippen molar-refractivity contribution in [2.45, 2.75) is 63.8 Å². The Morgan fingerprint density at radius 3 is 2.56 bits per heavy atom. The summed E-state index contributed by atoms with van der Waals surface area (Å²) in [5.74, 6) is -2.43. The number of fused-ring (bicyclic) bond motifs is 3. The number of benzene rings is 2. The van der Waals surface area contributed by atoms with E-state index in [1.807, 2.05) is 18.2 Å². The molecule has 2 aromatic rings. The van der Waals surface area contributed by atoms with Gasteiger partial charge in [0.05, 0.1) is 24.9 Å². The van der Waals surface area contributed by atoms with E-state index in [9.17, 15) is 13.9 Å². The van der Waals surface area contributed by atoms with Gasteiger partial charge in [-0.25, -0.2) is 8.78 Å². The van der Waals surface area contributed by atoms with Crippen LogP contribution in [0, 0.1) is 11.8 Å². The lowest BCUT2D eigenvalue weighted by molar-refractivity contribution is -0.0931. The summed E-state index contributed by atoms with van der Waals surface area (Å²) in [6, 6.07) is 15.2. The van der Waals surface area contributed by atoms with E-state index >= 15 is 0 Å². The van der Waals surface area contributed by atoms with Crippen molar-refractivity contribution in [2.24, 2.45) is 11.8 Å². The monoisotopic (exact) mass is 444 g/mol. The van der Waals surface area contributed by atoms with Gasteiger partial charge in [-0.3, -0.25) is 0 Å². The second-order valence-electron chi connectivity index (χ2n) is 9.58. The molecule has 0 unspecified atom stereocenters. The first kappa shape index (κ1) is 23.1. The predicted octanol–water partition coefficient (Wildman–Crippen LogP) is 5.41. The highest BCUT2D eigenvalue weighted by Crippen LogP contribution is 2.51. The van der Waals surface area contributed by atoms with Crippen LogP contribution in [0.1, 0.15) is 62.4 Å². The van der Waals surface area contributed by atoms with Crippen molar-refractivity contribution in [3.05, 3.63) is 65.2 Å². The zero-order valence-corrected chi connectivity index (χ0v) is 19.0. The van der Waals surface area contributed by atoms with E-state index in [1.54, 1.807) is 12.1 Å². The number of alkyl halides is 2. The molecule has 1 fully saturated rings. The number of aliphatic hydroxyl groups is 1. The summed E-state index contributed by atoms with van der Waals surface area (Å²) in [6.45, 7) is 5.80. The molecule has 32 heavy (non-hydrogen) atoms. The third-order valence-corrected chi connectivity index (χ3v) is 6.92. The van der Waals surface area contributed by atoms with Gasteiger partial charge in [-0.2, -0.15) is 0 Å². The van der Waals surface area contributed by atoms with Crippen LogP contribution in [-0.4, -0.2) is 30.4 Å². The second-order valence-corrected chi connectivity index (χ2v) is 9.58. The molecule has 5 atom stereocenters. The van der Waals surface area contributed by atoms with Gasteiger partial charge >= 0.3 is 0 Å². The molecule has 0 radical (unpaired) electrons. The summed E-state index contributed by atoms with van der Waals surface area (Å²) in [5.41, 5.74) is 2.86. The van der Waals surface area contributed by atoms with Gasteiger partial charge in [0.1, 0.15) is 0 Å². The van der Waals surface area contributed by atoms with E-state index in [2.05, 4.69) is 36.6 Å². The average Bonchev–Trinajstić information content (AvgIpc) is 2.78. The van der Waals surface area contributed by atoms with Gasteiger partial charge in [0.25, 0.3) is 5.92 Å². The van der Waals surface area contributed by atoms with E-state index in [4.69, 9.17) is 4.74 Å². The number of anilines is 1. The van der Waals surface area contributed by atoms with Crippen molar-refractivity contribution >= 4 is 5.69 Å². The summed E-state index contributed by atoms with van der Waals surface area (Å²) in [7, 11) is 0. The Morgan fingerprint density at radius 1 is 1.16 bits per heavy atom. The summed E-state index contributed by atoms with van der Waals surface area (Å²) in [4.78, 5) is 0. The lowest BCUT2D eigenvalue weighted by Gasteiger charge is -2.46. The van der Waals surface area contributed by atoms with Crippen molar-refractivity contribution in [3.8, 4) is 0 Å². The summed E-state index contributed by atoms with van der Waals surface area (Å²) in [6.07, 6.45) is 1.53. The van der Waals surface area contributed by atoms with Crippen molar-refractivity contribution < 1.29 is 18.6 Å². The minimum absolute atomic E-state index is 0.0129. The molecule has 2 aliphatic heterocycles. The Labute approximate surface area is 189 Å². The number of hydrogen-bond donors (Lipinski definition) is 3. The molecule has 2 aliphatic rings. The number of hydrogen-bond acceptors (Lipinski definition) is 4. The van der Waals surface area contributed by atoms with Crippen molar-refractivity contribution in [3.63, 3.8) is 0 Å². The Hall–Kier alpha value is -2.02. The molecular formula is C26H34F2N2O2. The van der Waals surface area contributed by atoms with Crippen molar-refractivity contribution in [1.82, 2.24) is 5.32 Å². The first-order valence-corrected chi connectivity index (χ1v) is 11.6. The minimum atomic E-state index is -2.90. The second kappa shape index (κ2) is 9.46. The molecular weight excluding hydrogens is 410 g/mol. The van der Waals surface area contributed by atoms with Gasteiger partial charge in [0.2, 0.25) is 0 Å². The molecule has 4 rings (SSSR count). The number of ether oxygens (including phenoxy) is 1. The smallest absolute Gasteiger partial charge is 0.270 e. The quantitative estimate of drug-likeness (QED) is 0.535. The highest BCUT2D eigenvalue weighted by Gasteiger charge is 2.43. The predicted molar refractivity (Wildman–Crippen MR) is 123 cm³/mol. The third-order valence-electron chi connectivity index (χ3n) is 6.92. The van der Waals surface area contributed by atoms with Crippen LogP contribution in [0.4, 0.5) is 14.5 Å². The van der Waals surface area contributed by atoms with Crippen molar-refractivity contribution in [1.29, 1.82) is 0 Å². The third kappa shape index (κ3) is 4.82. The van der Waals surface area contributed by atoms with Crippen LogP contribution in [0.2, 0.25) is 0 Å². The van der Waals surface area contributed by atoms with E-state index < -0.39 is 5.92 Å². The highest BCUT2D eigenvalue weighted by molar-refractivity contribution is 5.58. The van der Waals surface area contributed by atoms with Gasteiger partial charge < -0.3 is 20.5 Å². The first-order chi connectivity index (χ1) is 15.3. The molecule has 0 spiro atoms. The molecule has 0 aliphatic carbocycles.